The summed E-state index contributed by atoms with van der Waals surface area (Å²) in [5, 5.41) is 0. The highest BCUT2D eigenvalue weighted by Gasteiger charge is 2.16. The first-order valence-corrected chi connectivity index (χ1v) is 8.53. The topological polar surface area (TPSA) is 84.5 Å². The second-order valence-corrected chi connectivity index (χ2v) is 6.80. The lowest BCUT2D eigenvalue weighted by Crippen LogP contribution is -2.43. The molecular weight excluding hydrogens is 335 g/mol. The van der Waals surface area contributed by atoms with E-state index in [-0.39, 0.29) is 10.6 Å². The zero-order valence-corrected chi connectivity index (χ0v) is 14.0. The monoisotopic (exact) mass is 352 g/mol. The average Bonchev–Trinajstić information content (AvgIpc) is 2.54. The first-order valence-electron chi connectivity index (χ1n) is 7.05. The first kappa shape index (κ1) is 17.9. The molecule has 0 saturated heterocycles. The Labute approximate surface area is 139 Å². The minimum Gasteiger partial charge on any atom is -0.481 e. The van der Waals surface area contributed by atoms with Crippen molar-refractivity contribution >= 4 is 15.9 Å². The summed E-state index contributed by atoms with van der Waals surface area (Å²) < 4.78 is 42.5. The van der Waals surface area contributed by atoms with Gasteiger partial charge in [-0.15, -0.1) is 4.83 Å². The lowest BCUT2D eigenvalue weighted by Gasteiger charge is -2.11. The molecular formula is C16H17FN2O4S. The molecule has 8 heteroatoms. The fourth-order valence-corrected chi connectivity index (χ4v) is 2.75. The lowest BCUT2D eigenvalue weighted by molar-refractivity contribution is -0.123. The van der Waals surface area contributed by atoms with Gasteiger partial charge in [-0.2, -0.15) is 0 Å². The molecule has 128 valence electrons. The number of carbonyl (C=O) groups excluding carboxylic acids is 1. The smallest absolute Gasteiger partial charge is 0.272 e. The molecule has 2 aromatic carbocycles. The van der Waals surface area contributed by atoms with Crippen LogP contribution < -0.4 is 15.0 Å². The molecule has 2 rings (SSSR count). The summed E-state index contributed by atoms with van der Waals surface area (Å²) in [7, 11) is -3.90. The number of hydrogen-bond donors (Lipinski definition) is 2. The van der Waals surface area contributed by atoms with Gasteiger partial charge in [-0.25, -0.2) is 12.8 Å². The van der Waals surface area contributed by atoms with Gasteiger partial charge in [0.1, 0.15) is 0 Å². The van der Waals surface area contributed by atoms with Crippen molar-refractivity contribution in [2.75, 3.05) is 6.61 Å². The van der Waals surface area contributed by atoms with E-state index in [9.17, 15) is 17.6 Å². The second-order valence-electron chi connectivity index (χ2n) is 5.12. The zero-order chi connectivity index (χ0) is 17.7. The largest absolute Gasteiger partial charge is 0.481 e. The van der Waals surface area contributed by atoms with Gasteiger partial charge in [0.2, 0.25) is 0 Å². The predicted molar refractivity (Wildman–Crippen MR) is 86.3 cm³/mol. The summed E-state index contributed by atoms with van der Waals surface area (Å²) >= 11 is 0. The van der Waals surface area contributed by atoms with Gasteiger partial charge in [0.15, 0.2) is 18.2 Å². The molecule has 0 aliphatic rings. The van der Waals surface area contributed by atoms with Crippen molar-refractivity contribution in [3.63, 3.8) is 0 Å². The molecule has 6 nitrogen and oxygen atoms in total. The molecule has 0 atom stereocenters. The molecule has 0 fully saturated rings. The van der Waals surface area contributed by atoms with E-state index in [1.807, 2.05) is 17.2 Å². The quantitative estimate of drug-likeness (QED) is 0.777. The molecule has 2 N–H and O–H groups in total. The number of para-hydroxylation sites is 1. The van der Waals surface area contributed by atoms with E-state index in [4.69, 9.17) is 4.74 Å². The third-order valence-corrected chi connectivity index (χ3v) is 4.55. The van der Waals surface area contributed by atoms with E-state index in [0.717, 1.165) is 11.1 Å². The van der Waals surface area contributed by atoms with Crippen molar-refractivity contribution in [3.8, 4) is 5.75 Å². The van der Waals surface area contributed by atoms with Gasteiger partial charge in [-0.1, -0.05) is 18.2 Å². The van der Waals surface area contributed by atoms with Gasteiger partial charge < -0.3 is 4.74 Å². The van der Waals surface area contributed by atoms with Gasteiger partial charge in [0.25, 0.3) is 15.9 Å². The van der Waals surface area contributed by atoms with E-state index in [1.165, 1.54) is 30.3 Å². The molecule has 0 heterocycles. The third kappa shape index (κ3) is 4.53. The van der Waals surface area contributed by atoms with Crippen LogP contribution >= 0.6 is 0 Å². The number of aryl methyl sites for hydroxylation is 2. The molecule has 0 aromatic heterocycles. The number of benzene rings is 2. The van der Waals surface area contributed by atoms with Crippen molar-refractivity contribution in [1.29, 1.82) is 0 Å². The lowest BCUT2D eigenvalue weighted by atomic mass is 10.1. The highest BCUT2D eigenvalue weighted by Crippen LogP contribution is 2.15. The number of rotatable bonds is 6. The maximum atomic E-state index is 13.3. The Morgan fingerprint density at radius 1 is 1.12 bits per heavy atom. The molecule has 0 spiro atoms. The van der Waals surface area contributed by atoms with Crippen molar-refractivity contribution in [3.05, 3.63) is 59.4 Å². The molecule has 0 saturated carbocycles. The number of nitrogens with one attached hydrogen (secondary N) is 2. The summed E-state index contributed by atoms with van der Waals surface area (Å²) in [5.74, 6) is -1.46. The Morgan fingerprint density at radius 2 is 1.83 bits per heavy atom. The Kier molecular flexibility index (Phi) is 5.53. The number of hydrazine groups is 1. The Bertz CT molecular complexity index is 853. The van der Waals surface area contributed by atoms with Crippen LogP contribution in [-0.4, -0.2) is 20.9 Å². The number of halogens is 1. The van der Waals surface area contributed by atoms with Crippen LogP contribution in [0.25, 0.3) is 0 Å². The normalized spacial score (nSPS) is 11.1. The Hall–Kier alpha value is -2.45. The average molecular weight is 352 g/mol. The second kappa shape index (κ2) is 7.41. The molecule has 0 radical (unpaired) electrons. The molecule has 0 aliphatic carbocycles. The Morgan fingerprint density at radius 3 is 2.50 bits per heavy atom. The van der Waals surface area contributed by atoms with Gasteiger partial charge in [-0.05, 0) is 49.2 Å². The fraction of sp³-hybridized carbons (Fsp3) is 0.188. The summed E-state index contributed by atoms with van der Waals surface area (Å²) in [6, 6.07) is 10.2. The highest BCUT2D eigenvalue weighted by molar-refractivity contribution is 7.89. The van der Waals surface area contributed by atoms with Crippen LogP contribution in [-0.2, 0) is 14.8 Å². The van der Waals surface area contributed by atoms with Crippen LogP contribution in [0.3, 0.4) is 0 Å². The van der Waals surface area contributed by atoms with Crippen LogP contribution in [0.1, 0.15) is 11.1 Å². The van der Waals surface area contributed by atoms with Crippen LogP contribution in [0.15, 0.2) is 47.4 Å². The maximum Gasteiger partial charge on any atom is 0.272 e. The standard InChI is InChI=1S/C16H17FN2O4S/c1-11-7-8-13(9-12(11)2)24(21,22)19-18-16(20)10-23-15-6-4-3-5-14(15)17/h3-9,19H,10H2,1-2H3,(H,18,20). The summed E-state index contributed by atoms with van der Waals surface area (Å²) in [6.45, 7) is 3.12. The van der Waals surface area contributed by atoms with Crippen LogP contribution in [0.2, 0.25) is 0 Å². The van der Waals surface area contributed by atoms with Gasteiger partial charge in [0.05, 0.1) is 4.90 Å². The molecule has 1 amide bonds. The Balaban J connectivity index is 1.93. The number of sulfonamides is 1. The zero-order valence-electron chi connectivity index (χ0n) is 13.2. The van der Waals surface area contributed by atoms with Crippen LogP contribution in [0.4, 0.5) is 4.39 Å². The predicted octanol–water partition coefficient (Wildman–Crippen LogP) is 1.83. The third-order valence-electron chi connectivity index (χ3n) is 3.31. The maximum absolute atomic E-state index is 13.3. The first-order chi connectivity index (χ1) is 11.3. The van der Waals surface area contributed by atoms with Crippen LogP contribution in [0, 0.1) is 19.7 Å². The van der Waals surface area contributed by atoms with Gasteiger partial charge in [0, 0.05) is 0 Å². The van der Waals surface area contributed by atoms with Gasteiger partial charge in [-0.3, -0.25) is 10.2 Å². The summed E-state index contributed by atoms with van der Waals surface area (Å²) in [4.78, 5) is 13.6. The fourth-order valence-electron chi connectivity index (χ4n) is 1.81. The highest BCUT2D eigenvalue weighted by atomic mass is 32.2. The molecule has 0 bridgehead atoms. The minimum absolute atomic E-state index is 0.0286. The van der Waals surface area contributed by atoms with E-state index in [2.05, 4.69) is 0 Å². The van der Waals surface area contributed by atoms with Crippen molar-refractivity contribution in [2.24, 2.45) is 0 Å². The summed E-state index contributed by atoms with van der Waals surface area (Å²) in [6.07, 6.45) is 0. The van der Waals surface area contributed by atoms with Crippen molar-refractivity contribution < 1.29 is 22.3 Å². The van der Waals surface area contributed by atoms with Crippen molar-refractivity contribution in [2.45, 2.75) is 18.7 Å². The number of ether oxygens (including phenoxy) is 1. The van der Waals surface area contributed by atoms with E-state index < -0.39 is 28.4 Å². The molecule has 24 heavy (non-hydrogen) atoms. The van der Waals surface area contributed by atoms with E-state index >= 15 is 0 Å². The van der Waals surface area contributed by atoms with E-state index in [0.29, 0.717) is 0 Å². The SMILES string of the molecule is Cc1ccc(S(=O)(=O)NNC(=O)COc2ccccc2F)cc1C. The number of hydrogen-bond acceptors (Lipinski definition) is 4. The minimum atomic E-state index is -3.90. The van der Waals surface area contributed by atoms with Crippen molar-refractivity contribution in [1.82, 2.24) is 10.3 Å². The summed E-state index contributed by atoms with van der Waals surface area (Å²) in [5.41, 5.74) is 3.79. The molecule has 0 aliphatic heterocycles. The number of carbonyl (C=O) groups is 1. The van der Waals surface area contributed by atoms with Crippen LogP contribution in [0.5, 0.6) is 5.75 Å². The van der Waals surface area contributed by atoms with Gasteiger partial charge >= 0.3 is 0 Å². The van der Waals surface area contributed by atoms with E-state index in [1.54, 1.807) is 19.1 Å². The molecule has 2 aromatic rings. The molecule has 0 unspecified atom stereocenters. The number of amides is 1.